The van der Waals surface area contributed by atoms with E-state index < -0.39 is 0 Å². The summed E-state index contributed by atoms with van der Waals surface area (Å²) in [7, 11) is 0. The van der Waals surface area contributed by atoms with Crippen molar-refractivity contribution in [2.45, 2.75) is 39.8 Å². The van der Waals surface area contributed by atoms with E-state index in [2.05, 4.69) is 56.9 Å². The molecule has 1 aromatic rings. The Morgan fingerprint density at radius 3 is 2.08 bits per heavy atom. The largest absolute Gasteiger partial charge is 0.429 e. The third-order valence-electron chi connectivity index (χ3n) is 2.06. The highest BCUT2D eigenvalue weighted by Crippen LogP contribution is 2.19. The molecule has 0 N–H and O–H groups in total. The van der Waals surface area contributed by atoms with Crippen molar-refractivity contribution in [1.82, 2.24) is 0 Å². The van der Waals surface area contributed by atoms with Gasteiger partial charge in [0.15, 0.2) is 0 Å². The second kappa shape index (κ2) is 3.70. The van der Waals surface area contributed by atoms with Gasteiger partial charge in [-0.1, -0.05) is 0 Å². The first-order valence-electron chi connectivity index (χ1n) is 4.63. The minimum absolute atomic E-state index is 0.576. The lowest BCUT2D eigenvalue weighted by Crippen LogP contribution is -2.36. The van der Waals surface area contributed by atoms with Gasteiger partial charge in [-0.3, -0.25) is 0 Å². The third-order valence-corrected chi connectivity index (χ3v) is 2.06. The van der Waals surface area contributed by atoms with Crippen LogP contribution in [0, 0.1) is 0 Å². The van der Waals surface area contributed by atoms with E-state index in [1.54, 1.807) is 0 Å². The minimum Gasteiger partial charge on any atom is -0.429 e. The van der Waals surface area contributed by atoms with Crippen molar-refractivity contribution in [2.75, 3.05) is 4.90 Å². The normalized spacial score (nSPS) is 11.2. The van der Waals surface area contributed by atoms with Gasteiger partial charge in [0.25, 0.3) is 0 Å². The van der Waals surface area contributed by atoms with E-state index in [1.165, 1.54) is 5.69 Å². The molecule has 1 rings (SSSR count). The van der Waals surface area contributed by atoms with Gasteiger partial charge in [-0.25, -0.2) is 0 Å². The van der Waals surface area contributed by atoms with Crippen molar-refractivity contribution in [1.29, 1.82) is 0 Å². The average molecular weight is 164 g/mol. The average Bonchev–Trinajstić information content (AvgIpc) is 2.37. The van der Waals surface area contributed by atoms with E-state index >= 15 is 0 Å². The van der Waals surface area contributed by atoms with Gasteiger partial charge in [-0.15, -0.1) is 5.69 Å². The van der Waals surface area contributed by atoms with Crippen molar-refractivity contribution in [3.8, 4) is 0 Å². The molecule has 0 aliphatic rings. The SMILES string of the molecule is CC(C)N(c1cc[cH-]c1)C(C)C. The Balaban J connectivity index is 2.81. The molecule has 68 valence electrons. The van der Waals surface area contributed by atoms with E-state index in [9.17, 15) is 0 Å². The summed E-state index contributed by atoms with van der Waals surface area (Å²) in [5.41, 5.74) is 1.33. The highest BCUT2D eigenvalue weighted by molar-refractivity contribution is 5.48. The summed E-state index contributed by atoms with van der Waals surface area (Å²) in [4.78, 5) is 2.42. The molecule has 0 heterocycles. The van der Waals surface area contributed by atoms with Crippen LogP contribution in [0.3, 0.4) is 0 Å². The van der Waals surface area contributed by atoms with Crippen LogP contribution in [0.4, 0.5) is 5.69 Å². The van der Waals surface area contributed by atoms with Crippen LogP contribution in [0.5, 0.6) is 0 Å². The quantitative estimate of drug-likeness (QED) is 0.621. The lowest BCUT2D eigenvalue weighted by molar-refractivity contribution is 0.609. The molecule has 0 aliphatic carbocycles. The lowest BCUT2D eigenvalue weighted by Gasteiger charge is -2.37. The van der Waals surface area contributed by atoms with Crippen LogP contribution < -0.4 is 4.90 Å². The lowest BCUT2D eigenvalue weighted by atomic mass is 10.2. The summed E-state index contributed by atoms with van der Waals surface area (Å²) in [6, 6.07) is 9.67. The van der Waals surface area contributed by atoms with Crippen molar-refractivity contribution in [3.05, 3.63) is 24.3 Å². The Bertz CT molecular complexity index is 201. The van der Waals surface area contributed by atoms with Crippen molar-refractivity contribution in [2.24, 2.45) is 0 Å². The highest BCUT2D eigenvalue weighted by atomic mass is 15.2. The zero-order valence-corrected chi connectivity index (χ0v) is 8.41. The molecule has 1 nitrogen and oxygen atoms in total. The van der Waals surface area contributed by atoms with Crippen LogP contribution in [-0.2, 0) is 0 Å². The van der Waals surface area contributed by atoms with Crippen LogP contribution in [0.25, 0.3) is 0 Å². The molecular formula is C11H18N-. The van der Waals surface area contributed by atoms with Crippen LogP contribution in [0.2, 0.25) is 0 Å². The molecule has 0 saturated heterocycles. The predicted molar refractivity (Wildman–Crippen MR) is 54.8 cm³/mol. The molecule has 0 saturated carbocycles. The fourth-order valence-corrected chi connectivity index (χ4v) is 1.73. The van der Waals surface area contributed by atoms with Gasteiger partial charge in [0.1, 0.15) is 0 Å². The van der Waals surface area contributed by atoms with Crippen molar-refractivity contribution < 1.29 is 0 Å². The summed E-state index contributed by atoms with van der Waals surface area (Å²) < 4.78 is 0. The third kappa shape index (κ3) is 1.84. The summed E-state index contributed by atoms with van der Waals surface area (Å²) in [6.45, 7) is 8.92. The molecule has 1 aromatic carbocycles. The van der Waals surface area contributed by atoms with Gasteiger partial charge < -0.3 is 4.90 Å². The topological polar surface area (TPSA) is 3.24 Å². The minimum atomic E-state index is 0.576. The molecule has 0 aliphatic heterocycles. The van der Waals surface area contributed by atoms with E-state index in [4.69, 9.17) is 0 Å². The summed E-state index contributed by atoms with van der Waals surface area (Å²) >= 11 is 0. The monoisotopic (exact) mass is 164 g/mol. The van der Waals surface area contributed by atoms with Crippen molar-refractivity contribution >= 4 is 5.69 Å². The highest BCUT2D eigenvalue weighted by Gasteiger charge is 2.07. The maximum atomic E-state index is 2.42. The first-order chi connectivity index (χ1) is 5.63. The van der Waals surface area contributed by atoms with Crippen LogP contribution >= 0.6 is 0 Å². The summed E-state index contributed by atoms with van der Waals surface area (Å²) in [5, 5.41) is 0. The van der Waals surface area contributed by atoms with E-state index in [-0.39, 0.29) is 0 Å². The Morgan fingerprint density at radius 1 is 1.17 bits per heavy atom. The fourth-order valence-electron chi connectivity index (χ4n) is 1.73. The van der Waals surface area contributed by atoms with Gasteiger partial charge in [-0.2, -0.15) is 24.3 Å². The number of nitrogens with zero attached hydrogens (tertiary/aromatic N) is 1. The summed E-state index contributed by atoms with van der Waals surface area (Å²) in [6.07, 6.45) is 0. The second-order valence-electron chi connectivity index (χ2n) is 3.74. The van der Waals surface area contributed by atoms with Gasteiger partial charge in [0, 0.05) is 12.1 Å². The zero-order valence-electron chi connectivity index (χ0n) is 8.41. The maximum Gasteiger partial charge on any atom is 0.0111 e. The first-order valence-corrected chi connectivity index (χ1v) is 4.63. The zero-order chi connectivity index (χ0) is 9.14. The number of anilines is 1. The Morgan fingerprint density at radius 2 is 1.75 bits per heavy atom. The molecule has 12 heavy (non-hydrogen) atoms. The van der Waals surface area contributed by atoms with E-state index in [1.807, 2.05) is 0 Å². The van der Waals surface area contributed by atoms with Crippen LogP contribution in [-0.4, -0.2) is 12.1 Å². The molecular weight excluding hydrogens is 146 g/mol. The van der Waals surface area contributed by atoms with Gasteiger partial charge in [0.2, 0.25) is 0 Å². The Labute approximate surface area is 75.4 Å². The number of rotatable bonds is 3. The molecule has 0 radical (unpaired) electrons. The van der Waals surface area contributed by atoms with E-state index in [0.29, 0.717) is 12.1 Å². The van der Waals surface area contributed by atoms with Crippen LogP contribution in [0.15, 0.2) is 24.3 Å². The van der Waals surface area contributed by atoms with E-state index in [0.717, 1.165) is 0 Å². The van der Waals surface area contributed by atoms with Gasteiger partial charge in [-0.05, 0) is 27.7 Å². The first kappa shape index (κ1) is 9.24. The standard InChI is InChI=1S/C11H18N/c1-9(2)12(10(3)4)11-7-5-6-8-11/h5-10H,1-4H3/q-1. The molecule has 1 heteroatoms. The molecule has 0 amide bonds. The number of hydrogen-bond acceptors (Lipinski definition) is 1. The van der Waals surface area contributed by atoms with Crippen molar-refractivity contribution in [3.63, 3.8) is 0 Å². The molecule has 0 fully saturated rings. The number of hydrogen-bond donors (Lipinski definition) is 0. The fraction of sp³-hybridized carbons (Fsp3) is 0.545. The molecule has 0 aromatic heterocycles. The molecule has 0 spiro atoms. The molecule has 0 atom stereocenters. The molecule has 0 unspecified atom stereocenters. The summed E-state index contributed by atoms with van der Waals surface area (Å²) in [5.74, 6) is 0. The van der Waals surface area contributed by atoms with Gasteiger partial charge in [0.05, 0.1) is 0 Å². The second-order valence-corrected chi connectivity index (χ2v) is 3.74. The Hall–Kier alpha value is -0.850. The predicted octanol–water partition coefficient (Wildman–Crippen LogP) is 3.03. The van der Waals surface area contributed by atoms with Gasteiger partial charge >= 0.3 is 0 Å². The van der Waals surface area contributed by atoms with Crippen LogP contribution in [0.1, 0.15) is 27.7 Å². The molecule has 0 bridgehead atoms. The maximum absolute atomic E-state index is 2.42. The Kier molecular flexibility index (Phi) is 2.85. The smallest absolute Gasteiger partial charge is 0.0111 e.